The second kappa shape index (κ2) is 6.15. The standard InChI is InChI=1S/C14H13ClN2O3S/c15-10-4-6-13(7-5-10)21(19,20)9-14(18)17-12-3-1-2-11(16)8-12/h1-8H,9,16H2,(H,17,18). The summed E-state index contributed by atoms with van der Waals surface area (Å²) in [6, 6.07) is 12.2. The van der Waals surface area contributed by atoms with E-state index in [1.165, 1.54) is 24.3 Å². The molecule has 0 unspecified atom stereocenters. The van der Waals surface area contributed by atoms with Crippen LogP contribution in [0.5, 0.6) is 0 Å². The molecule has 5 nitrogen and oxygen atoms in total. The van der Waals surface area contributed by atoms with Crippen LogP contribution >= 0.6 is 11.6 Å². The van der Waals surface area contributed by atoms with E-state index in [0.29, 0.717) is 16.4 Å². The summed E-state index contributed by atoms with van der Waals surface area (Å²) in [5.74, 6) is -1.28. The van der Waals surface area contributed by atoms with Crippen LogP contribution in [0.3, 0.4) is 0 Å². The largest absolute Gasteiger partial charge is 0.399 e. The molecule has 7 heteroatoms. The van der Waals surface area contributed by atoms with Crippen molar-refractivity contribution in [1.82, 2.24) is 0 Å². The van der Waals surface area contributed by atoms with Gasteiger partial charge in [-0.05, 0) is 42.5 Å². The van der Waals surface area contributed by atoms with E-state index in [9.17, 15) is 13.2 Å². The summed E-state index contributed by atoms with van der Waals surface area (Å²) in [5.41, 5.74) is 6.51. The van der Waals surface area contributed by atoms with Gasteiger partial charge in [-0.25, -0.2) is 8.42 Å². The normalized spacial score (nSPS) is 11.1. The molecule has 0 aliphatic heterocycles. The molecule has 110 valence electrons. The molecular formula is C14H13ClN2O3S. The first-order valence-electron chi connectivity index (χ1n) is 6.00. The van der Waals surface area contributed by atoms with Crippen LogP contribution in [0.2, 0.25) is 5.02 Å². The van der Waals surface area contributed by atoms with Gasteiger partial charge in [0.2, 0.25) is 5.91 Å². The third-order valence-electron chi connectivity index (χ3n) is 2.66. The number of nitrogen functional groups attached to an aromatic ring is 1. The van der Waals surface area contributed by atoms with E-state index in [1.807, 2.05) is 0 Å². The van der Waals surface area contributed by atoms with E-state index in [1.54, 1.807) is 24.3 Å². The van der Waals surface area contributed by atoms with Crippen molar-refractivity contribution in [3.8, 4) is 0 Å². The highest BCUT2D eigenvalue weighted by Crippen LogP contribution is 2.16. The minimum Gasteiger partial charge on any atom is -0.399 e. The SMILES string of the molecule is Nc1cccc(NC(=O)CS(=O)(=O)c2ccc(Cl)cc2)c1. The molecule has 0 heterocycles. The molecule has 2 aromatic rings. The van der Waals surface area contributed by atoms with Crippen molar-refractivity contribution in [3.63, 3.8) is 0 Å². The Kier molecular flexibility index (Phi) is 4.50. The molecule has 0 atom stereocenters. The molecule has 2 rings (SSSR count). The lowest BCUT2D eigenvalue weighted by molar-refractivity contribution is -0.113. The van der Waals surface area contributed by atoms with Crippen LogP contribution in [-0.2, 0) is 14.6 Å². The van der Waals surface area contributed by atoms with E-state index in [2.05, 4.69) is 5.32 Å². The van der Waals surface area contributed by atoms with Crippen LogP contribution in [0.4, 0.5) is 11.4 Å². The first-order chi connectivity index (χ1) is 9.87. The van der Waals surface area contributed by atoms with Crippen LogP contribution in [0.1, 0.15) is 0 Å². The maximum atomic E-state index is 12.1. The first kappa shape index (κ1) is 15.3. The molecule has 0 aromatic heterocycles. The van der Waals surface area contributed by atoms with Gasteiger partial charge in [0.25, 0.3) is 0 Å². The van der Waals surface area contributed by atoms with Crippen molar-refractivity contribution in [1.29, 1.82) is 0 Å². The smallest absolute Gasteiger partial charge is 0.239 e. The summed E-state index contributed by atoms with van der Waals surface area (Å²) >= 11 is 5.70. The number of rotatable bonds is 4. The van der Waals surface area contributed by atoms with Gasteiger partial charge in [-0.15, -0.1) is 0 Å². The van der Waals surface area contributed by atoms with Crippen LogP contribution in [0.25, 0.3) is 0 Å². The summed E-state index contributed by atoms with van der Waals surface area (Å²) < 4.78 is 24.2. The number of nitrogens with two attached hydrogens (primary N) is 1. The highest BCUT2D eigenvalue weighted by molar-refractivity contribution is 7.92. The third-order valence-corrected chi connectivity index (χ3v) is 4.55. The number of carbonyl (C=O) groups is 1. The van der Waals surface area contributed by atoms with E-state index < -0.39 is 21.5 Å². The third kappa shape index (κ3) is 4.21. The molecule has 0 aliphatic rings. The molecular weight excluding hydrogens is 312 g/mol. The second-order valence-electron chi connectivity index (χ2n) is 4.39. The summed E-state index contributed by atoms with van der Waals surface area (Å²) in [6.07, 6.45) is 0. The lowest BCUT2D eigenvalue weighted by atomic mass is 10.3. The van der Waals surface area contributed by atoms with Crippen LogP contribution in [-0.4, -0.2) is 20.1 Å². The second-order valence-corrected chi connectivity index (χ2v) is 6.81. The zero-order chi connectivity index (χ0) is 15.5. The Hall–Kier alpha value is -2.05. The minimum atomic E-state index is -3.71. The van der Waals surface area contributed by atoms with Crippen molar-refractivity contribution in [2.24, 2.45) is 0 Å². The number of benzene rings is 2. The van der Waals surface area contributed by atoms with Crippen molar-refractivity contribution >= 4 is 38.7 Å². The van der Waals surface area contributed by atoms with Gasteiger partial charge in [-0.3, -0.25) is 4.79 Å². The predicted molar refractivity (Wildman–Crippen MR) is 83.0 cm³/mol. The first-order valence-corrected chi connectivity index (χ1v) is 8.03. The Bertz CT molecular complexity index is 758. The van der Waals surface area contributed by atoms with Gasteiger partial charge in [-0.2, -0.15) is 0 Å². The summed E-state index contributed by atoms with van der Waals surface area (Å²) in [4.78, 5) is 11.9. The minimum absolute atomic E-state index is 0.0506. The lowest BCUT2D eigenvalue weighted by Crippen LogP contribution is -2.23. The van der Waals surface area contributed by atoms with Crippen LogP contribution in [0.15, 0.2) is 53.4 Å². The molecule has 0 radical (unpaired) electrons. The Balaban J connectivity index is 2.09. The van der Waals surface area contributed by atoms with Gasteiger partial charge in [-0.1, -0.05) is 17.7 Å². The van der Waals surface area contributed by atoms with Gasteiger partial charge in [0.15, 0.2) is 9.84 Å². The van der Waals surface area contributed by atoms with E-state index in [-0.39, 0.29) is 4.90 Å². The number of amides is 1. The number of anilines is 2. The molecule has 0 aliphatic carbocycles. The topological polar surface area (TPSA) is 89.3 Å². The Morgan fingerprint density at radius 1 is 1.14 bits per heavy atom. The van der Waals surface area contributed by atoms with Crippen molar-refractivity contribution < 1.29 is 13.2 Å². The predicted octanol–water partition coefficient (Wildman–Crippen LogP) is 2.33. The number of hydrogen-bond acceptors (Lipinski definition) is 4. The number of halogens is 1. The Morgan fingerprint density at radius 3 is 2.43 bits per heavy atom. The van der Waals surface area contributed by atoms with Crippen molar-refractivity contribution in [3.05, 3.63) is 53.6 Å². The van der Waals surface area contributed by atoms with Crippen molar-refractivity contribution in [2.75, 3.05) is 16.8 Å². The van der Waals surface area contributed by atoms with Crippen LogP contribution in [0, 0.1) is 0 Å². The quantitative estimate of drug-likeness (QED) is 0.845. The number of sulfone groups is 1. The molecule has 21 heavy (non-hydrogen) atoms. The molecule has 0 saturated heterocycles. The molecule has 0 fully saturated rings. The fourth-order valence-electron chi connectivity index (χ4n) is 1.71. The molecule has 3 N–H and O–H groups in total. The monoisotopic (exact) mass is 324 g/mol. The number of carbonyl (C=O) groups excluding carboxylic acids is 1. The lowest BCUT2D eigenvalue weighted by Gasteiger charge is -2.07. The molecule has 1 amide bonds. The number of nitrogens with one attached hydrogen (secondary N) is 1. The average molecular weight is 325 g/mol. The van der Waals surface area contributed by atoms with Crippen molar-refractivity contribution in [2.45, 2.75) is 4.90 Å². The summed E-state index contributed by atoms with van der Waals surface area (Å²) in [6.45, 7) is 0. The maximum Gasteiger partial charge on any atom is 0.239 e. The van der Waals surface area contributed by atoms with Gasteiger partial charge >= 0.3 is 0 Å². The van der Waals surface area contributed by atoms with Gasteiger partial charge in [0, 0.05) is 16.4 Å². The van der Waals surface area contributed by atoms with Gasteiger partial charge in [0.05, 0.1) is 4.90 Å². The fourth-order valence-corrected chi connectivity index (χ4v) is 2.97. The number of hydrogen-bond donors (Lipinski definition) is 2. The van der Waals surface area contributed by atoms with E-state index >= 15 is 0 Å². The molecule has 0 saturated carbocycles. The maximum absolute atomic E-state index is 12.1. The van der Waals surface area contributed by atoms with Crippen LogP contribution < -0.4 is 11.1 Å². The highest BCUT2D eigenvalue weighted by Gasteiger charge is 2.19. The summed E-state index contributed by atoms with van der Waals surface area (Å²) in [5, 5.41) is 2.92. The average Bonchev–Trinajstić information content (AvgIpc) is 2.38. The summed E-state index contributed by atoms with van der Waals surface area (Å²) in [7, 11) is -3.71. The fraction of sp³-hybridized carbons (Fsp3) is 0.0714. The highest BCUT2D eigenvalue weighted by atomic mass is 35.5. The van der Waals surface area contributed by atoms with E-state index in [0.717, 1.165) is 0 Å². The zero-order valence-corrected chi connectivity index (χ0v) is 12.5. The zero-order valence-electron chi connectivity index (χ0n) is 10.9. The van der Waals surface area contributed by atoms with Gasteiger partial charge < -0.3 is 11.1 Å². The molecule has 0 bridgehead atoms. The Morgan fingerprint density at radius 2 is 1.81 bits per heavy atom. The molecule has 0 spiro atoms. The Labute approximate surface area is 127 Å². The van der Waals surface area contributed by atoms with Gasteiger partial charge in [0.1, 0.15) is 5.75 Å². The molecule has 2 aromatic carbocycles. The van der Waals surface area contributed by atoms with E-state index in [4.69, 9.17) is 17.3 Å².